The molecule has 0 atom stereocenters. The third kappa shape index (κ3) is 2.02. The van der Waals surface area contributed by atoms with E-state index in [1.807, 2.05) is 0 Å². The molecule has 0 radical (unpaired) electrons. The zero-order chi connectivity index (χ0) is 19.6. The summed E-state index contributed by atoms with van der Waals surface area (Å²) in [5.74, 6) is -5.40. The third-order valence-corrected chi connectivity index (χ3v) is 5.17. The average molecular weight is 434 g/mol. The highest BCUT2D eigenvalue weighted by Gasteiger charge is 2.31. The molecule has 0 saturated carbocycles. The Kier molecular flexibility index (Phi) is 3.47. The van der Waals surface area contributed by atoms with E-state index in [-0.39, 0.29) is 26.3 Å². The van der Waals surface area contributed by atoms with Crippen LogP contribution in [-0.4, -0.2) is 40.3 Å². The summed E-state index contributed by atoms with van der Waals surface area (Å²) in [6.07, 6.45) is 0. The second-order valence-corrected chi connectivity index (χ2v) is 6.67. The lowest BCUT2D eigenvalue weighted by Crippen LogP contribution is -1.94. The average Bonchev–Trinajstić information content (AvgIpc) is 3.04. The number of aromatic nitrogens is 1. The van der Waals surface area contributed by atoms with E-state index in [0.717, 1.165) is 0 Å². The van der Waals surface area contributed by atoms with Crippen LogP contribution in [0.3, 0.4) is 0 Å². The minimum Gasteiger partial charge on any atom is -0.506 e. The first kappa shape index (κ1) is 17.0. The predicted octanol–water partition coefficient (Wildman–Crippen LogP) is 3.49. The quantitative estimate of drug-likeness (QED) is 0.179. The first-order valence-electron chi connectivity index (χ1n) is 7.59. The van der Waals surface area contributed by atoms with Crippen molar-refractivity contribution in [3.8, 4) is 45.9 Å². The number of fused-ring (bicyclic) bond motifs is 3. The molecule has 0 fully saturated rings. The zero-order valence-electron chi connectivity index (χ0n) is 13.3. The Morgan fingerprint density at radius 2 is 1.04 bits per heavy atom. The van der Waals surface area contributed by atoms with Gasteiger partial charge in [0.15, 0.2) is 23.0 Å². The van der Waals surface area contributed by atoms with E-state index < -0.39 is 40.2 Å². The molecule has 4 rings (SSSR count). The van der Waals surface area contributed by atoms with Crippen LogP contribution >= 0.6 is 15.9 Å². The molecule has 0 aliphatic heterocycles. The zero-order valence-corrected chi connectivity index (χ0v) is 14.9. The van der Waals surface area contributed by atoms with Gasteiger partial charge in [0.05, 0.1) is 10.8 Å². The number of halogens is 1. The summed E-state index contributed by atoms with van der Waals surface area (Å²) < 4.78 is 0.992. The van der Waals surface area contributed by atoms with Gasteiger partial charge in [-0.05, 0) is 28.1 Å². The van der Waals surface area contributed by atoms with Gasteiger partial charge in [0.2, 0.25) is 11.5 Å². The number of rotatable bonds is 1. The van der Waals surface area contributed by atoms with Gasteiger partial charge in [0.25, 0.3) is 0 Å². The van der Waals surface area contributed by atoms with Gasteiger partial charge in [-0.2, -0.15) is 0 Å². The number of phenols is 7. The molecular formula is C18H12BrNO7. The molecule has 8 nitrogen and oxygen atoms in total. The number of para-hydroxylation sites is 1. The van der Waals surface area contributed by atoms with Gasteiger partial charge in [-0.25, -0.2) is 0 Å². The normalized spacial score (nSPS) is 11.4. The summed E-state index contributed by atoms with van der Waals surface area (Å²) in [5, 5.41) is 71.6. The van der Waals surface area contributed by atoms with Crippen molar-refractivity contribution in [1.29, 1.82) is 0 Å². The molecule has 27 heavy (non-hydrogen) atoms. The monoisotopic (exact) mass is 433 g/mol. The fourth-order valence-electron chi connectivity index (χ4n) is 3.21. The SMILES string of the molecule is Oc1c(O)c(O)c2c(c1O)c1c(O)c(Br)c(O)c(O)c1n2-c1ccccc1. The van der Waals surface area contributed by atoms with Crippen molar-refractivity contribution in [3.63, 3.8) is 0 Å². The molecule has 9 heteroatoms. The van der Waals surface area contributed by atoms with Crippen LogP contribution in [0.4, 0.5) is 0 Å². The Morgan fingerprint density at radius 1 is 0.556 bits per heavy atom. The van der Waals surface area contributed by atoms with Crippen LogP contribution in [-0.2, 0) is 0 Å². The van der Waals surface area contributed by atoms with Gasteiger partial charge in [-0.15, -0.1) is 0 Å². The summed E-state index contributed by atoms with van der Waals surface area (Å²) in [6, 6.07) is 8.27. The van der Waals surface area contributed by atoms with Crippen molar-refractivity contribution >= 4 is 37.7 Å². The Morgan fingerprint density at radius 3 is 1.63 bits per heavy atom. The summed E-state index contributed by atoms with van der Waals surface area (Å²) in [6.45, 7) is 0. The van der Waals surface area contributed by atoms with Crippen molar-refractivity contribution in [2.45, 2.75) is 0 Å². The van der Waals surface area contributed by atoms with Crippen LogP contribution in [0.1, 0.15) is 0 Å². The van der Waals surface area contributed by atoms with E-state index in [1.54, 1.807) is 30.3 Å². The lowest BCUT2D eigenvalue weighted by molar-refractivity contribution is 0.350. The van der Waals surface area contributed by atoms with Crippen LogP contribution in [0.5, 0.6) is 40.2 Å². The van der Waals surface area contributed by atoms with Gasteiger partial charge in [0, 0.05) is 5.69 Å². The van der Waals surface area contributed by atoms with Crippen molar-refractivity contribution in [3.05, 3.63) is 34.8 Å². The summed E-state index contributed by atoms with van der Waals surface area (Å²) in [7, 11) is 0. The van der Waals surface area contributed by atoms with Gasteiger partial charge in [-0.1, -0.05) is 18.2 Å². The summed E-state index contributed by atoms with van der Waals surface area (Å²) >= 11 is 2.95. The molecule has 138 valence electrons. The number of phenolic OH excluding ortho intramolecular Hbond substituents is 7. The van der Waals surface area contributed by atoms with Crippen LogP contribution in [0.25, 0.3) is 27.5 Å². The molecule has 0 aliphatic rings. The number of hydrogen-bond acceptors (Lipinski definition) is 7. The van der Waals surface area contributed by atoms with Crippen LogP contribution in [0, 0.1) is 0 Å². The van der Waals surface area contributed by atoms with Crippen molar-refractivity contribution in [2.75, 3.05) is 0 Å². The summed E-state index contributed by atoms with van der Waals surface area (Å²) in [5.41, 5.74) is 0.0470. The molecule has 0 aliphatic carbocycles. The van der Waals surface area contributed by atoms with E-state index >= 15 is 0 Å². The van der Waals surface area contributed by atoms with Gasteiger partial charge in [0.1, 0.15) is 21.3 Å². The molecule has 0 spiro atoms. The maximum Gasteiger partial charge on any atom is 0.206 e. The molecule has 0 amide bonds. The Hall–Kier alpha value is -3.46. The minimum atomic E-state index is -0.991. The fourth-order valence-corrected chi connectivity index (χ4v) is 3.60. The molecule has 3 aromatic carbocycles. The number of hydrogen-bond donors (Lipinski definition) is 7. The lowest BCUT2D eigenvalue weighted by Gasteiger charge is -2.12. The molecule has 0 saturated heterocycles. The molecule has 7 N–H and O–H groups in total. The van der Waals surface area contributed by atoms with E-state index in [9.17, 15) is 35.7 Å². The first-order valence-corrected chi connectivity index (χ1v) is 8.38. The lowest BCUT2D eigenvalue weighted by atomic mass is 10.1. The molecule has 1 heterocycles. The highest BCUT2D eigenvalue weighted by atomic mass is 79.9. The van der Waals surface area contributed by atoms with E-state index in [2.05, 4.69) is 15.9 Å². The molecule has 4 aromatic rings. The minimum absolute atomic E-state index is 0.148. The second kappa shape index (κ2) is 5.52. The van der Waals surface area contributed by atoms with Crippen molar-refractivity contribution in [2.24, 2.45) is 0 Å². The summed E-state index contributed by atoms with van der Waals surface area (Å²) in [4.78, 5) is 0. The Balaban J connectivity index is 2.45. The highest BCUT2D eigenvalue weighted by Crippen LogP contribution is 2.58. The maximum absolute atomic E-state index is 10.5. The second-order valence-electron chi connectivity index (χ2n) is 5.87. The fraction of sp³-hybridized carbons (Fsp3) is 0. The Bertz CT molecular complexity index is 1170. The largest absolute Gasteiger partial charge is 0.506 e. The van der Waals surface area contributed by atoms with Gasteiger partial charge in [-0.3, -0.25) is 0 Å². The molecular weight excluding hydrogens is 422 g/mol. The van der Waals surface area contributed by atoms with Crippen molar-refractivity contribution < 1.29 is 35.7 Å². The number of benzene rings is 3. The third-order valence-electron chi connectivity index (χ3n) is 4.42. The van der Waals surface area contributed by atoms with Gasteiger partial charge >= 0.3 is 0 Å². The molecule has 0 bridgehead atoms. The van der Waals surface area contributed by atoms with Crippen LogP contribution in [0.15, 0.2) is 34.8 Å². The van der Waals surface area contributed by atoms with E-state index in [1.165, 1.54) is 4.57 Å². The number of aromatic hydroxyl groups is 7. The number of nitrogens with zero attached hydrogens (tertiary/aromatic N) is 1. The van der Waals surface area contributed by atoms with E-state index in [4.69, 9.17) is 0 Å². The topological polar surface area (TPSA) is 147 Å². The predicted molar refractivity (Wildman–Crippen MR) is 100 cm³/mol. The molecule has 1 aromatic heterocycles. The van der Waals surface area contributed by atoms with Gasteiger partial charge < -0.3 is 40.3 Å². The highest BCUT2D eigenvalue weighted by molar-refractivity contribution is 9.10. The first-order chi connectivity index (χ1) is 12.8. The molecule has 0 unspecified atom stereocenters. The van der Waals surface area contributed by atoms with Crippen LogP contribution in [0.2, 0.25) is 0 Å². The van der Waals surface area contributed by atoms with Crippen LogP contribution < -0.4 is 0 Å². The van der Waals surface area contributed by atoms with Crippen molar-refractivity contribution in [1.82, 2.24) is 4.57 Å². The maximum atomic E-state index is 10.5. The standard InChI is InChI=1S/C18H12BrNO7/c19-9-12(21)7-8-11(16(25)18(27)17(26)13(8)22)20(6-4-2-1-3-5-6)10(7)15(24)14(9)23/h1-5,21-27H. The Labute approximate surface area is 159 Å². The smallest absolute Gasteiger partial charge is 0.206 e. The van der Waals surface area contributed by atoms with E-state index in [0.29, 0.717) is 5.69 Å².